The molecular formula is C22H27N3O4S. The molecule has 1 aliphatic heterocycles. The van der Waals surface area contributed by atoms with Gasteiger partial charge in [-0.1, -0.05) is 30.3 Å². The SMILES string of the molecule is CCOC(=O)C1CCCN(C(=O)CN(C)C(=O)c2sc(-c3ccccc3)nc2C)C1. The van der Waals surface area contributed by atoms with Gasteiger partial charge in [-0.05, 0) is 26.7 Å². The van der Waals surface area contributed by atoms with Crippen LogP contribution in [0.4, 0.5) is 0 Å². The predicted octanol–water partition coefficient (Wildman–Crippen LogP) is 2.99. The summed E-state index contributed by atoms with van der Waals surface area (Å²) in [6.07, 6.45) is 1.47. The smallest absolute Gasteiger partial charge is 0.310 e. The van der Waals surface area contributed by atoms with Gasteiger partial charge in [-0.2, -0.15) is 0 Å². The minimum absolute atomic E-state index is 0.0353. The number of rotatable bonds is 6. The van der Waals surface area contributed by atoms with E-state index in [0.29, 0.717) is 30.3 Å². The Morgan fingerprint density at radius 1 is 1.27 bits per heavy atom. The van der Waals surface area contributed by atoms with Crippen molar-refractivity contribution in [1.82, 2.24) is 14.8 Å². The van der Waals surface area contributed by atoms with Crippen LogP contribution >= 0.6 is 11.3 Å². The molecule has 8 heteroatoms. The molecule has 0 radical (unpaired) electrons. The molecule has 160 valence electrons. The molecule has 0 saturated carbocycles. The van der Waals surface area contributed by atoms with Crippen LogP contribution in [0.5, 0.6) is 0 Å². The largest absolute Gasteiger partial charge is 0.466 e. The van der Waals surface area contributed by atoms with Gasteiger partial charge in [0.1, 0.15) is 9.88 Å². The summed E-state index contributed by atoms with van der Waals surface area (Å²) >= 11 is 1.33. The molecule has 1 aliphatic rings. The highest BCUT2D eigenvalue weighted by Gasteiger charge is 2.30. The molecular weight excluding hydrogens is 402 g/mol. The van der Waals surface area contributed by atoms with Crippen LogP contribution in [0.25, 0.3) is 10.6 Å². The lowest BCUT2D eigenvalue weighted by atomic mass is 9.98. The zero-order chi connectivity index (χ0) is 21.7. The second-order valence-corrected chi connectivity index (χ2v) is 8.39. The Balaban J connectivity index is 1.63. The predicted molar refractivity (Wildman–Crippen MR) is 115 cm³/mol. The molecule has 1 unspecified atom stereocenters. The maximum Gasteiger partial charge on any atom is 0.310 e. The molecule has 0 bridgehead atoms. The molecule has 30 heavy (non-hydrogen) atoms. The minimum Gasteiger partial charge on any atom is -0.466 e. The van der Waals surface area contributed by atoms with Crippen molar-refractivity contribution in [1.29, 1.82) is 0 Å². The summed E-state index contributed by atoms with van der Waals surface area (Å²) in [5.74, 6) is -0.932. The van der Waals surface area contributed by atoms with Crippen molar-refractivity contribution in [2.45, 2.75) is 26.7 Å². The van der Waals surface area contributed by atoms with Crippen LogP contribution in [0.3, 0.4) is 0 Å². The number of amides is 2. The number of likely N-dealkylation sites (tertiary alicyclic amines) is 1. The average Bonchev–Trinajstić information content (AvgIpc) is 3.15. The van der Waals surface area contributed by atoms with E-state index >= 15 is 0 Å². The molecule has 3 rings (SSSR count). The molecule has 1 aromatic heterocycles. The summed E-state index contributed by atoms with van der Waals surface area (Å²) in [7, 11) is 1.62. The van der Waals surface area contributed by atoms with E-state index in [-0.39, 0.29) is 30.2 Å². The zero-order valence-corrected chi connectivity index (χ0v) is 18.4. The molecule has 1 saturated heterocycles. The van der Waals surface area contributed by atoms with E-state index in [2.05, 4.69) is 4.98 Å². The lowest BCUT2D eigenvalue weighted by molar-refractivity contribution is -0.151. The van der Waals surface area contributed by atoms with E-state index in [4.69, 9.17) is 4.74 Å². The van der Waals surface area contributed by atoms with Crippen LogP contribution in [0.15, 0.2) is 30.3 Å². The molecule has 7 nitrogen and oxygen atoms in total. The summed E-state index contributed by atoms with van der Waals surface area (Å²) in [4.78, 5) is 45.8. The highest BCUT2D eigenvalue weighted by molar-refractivity contribution is 7.17. The first-order valence-electron chi connectivity index (χ1n) is 10.1. The Hall–Kier alpha value is -2.74. The van der Waals surface area contributed by atoms with Crippen molar-refractivity contribution in [3.63, 3.8) is 0 Å². The van der Waals surface area contributed by atoms with Gasteiger partial charge in [-0.3, -0.25) is 14.4 Å². The van der Waals surface area contributed by atoms with Gasteiger partial charge in [0.05, 0.1) is 24.8 Å². The molecule has 0 spiro atoms. The number of ether oxygens (including phenoxy) is 1. The summed E-state index contributed by atoms with van der Waals surface area (Å²) in [6.45, 7) is 4.81. The number of hydrogen-bond acceptors (Lipinski definition) is 6. The van der Waals surface area contributed by atoms with E-state index in [0.717, 1.165) is 23.4 Å². The van der Waals surface area contributed by atoms with Gasteiger partial charge in [0, 0.05) is 25.7 Å². The molecule has 1 aromatic carbocycles. The fourth-order valence-corrected chi connectivity index (χ4v) is 4.57. The number of nitrogens with zero attached hydrogens (tertiary/aromatic N) is 3. The molecule has 2 heterocycles. The molecule has 0 aliphatic carbocycles. The number of esters is 1. The zero-order valence-electron chi connectivity index (χ0n) is 17.6. The van der Waals surface area contributed by atoms with Gasteiger partial charge in [-0.25, -0.2) is 4.98 Å². The maximum atomic E-state index is 12.9. The van der Waals surface area contributed by atoms with Crippen LogP contribution in [0, 0.1) is 12.8 Å². The van der Waals surface area contributed by atoms with Crippen molar-refractivity contribution in [2.75, 3.05) is 33.3 Å². The van der Waals surface area contributed by atoms with Crippen LogP contribution in [-0.2, 0) is 14.3 Å². The number of benzene rings is 1. The molecule has 2 aromatic rings. The summed E-state index contributed by atoms with van der Waals surface area (Å²) in [5.41, 5.74) is 1.62. The van der Waals surface area contributed by atoms with E-state index in [9.17, 15) is 14.4 Å². The van der Waals surface area contributed by atoms with E-state index in [1.165, 1.54) is 16.2 Å². The van der Waals surface area contributed by atoms with Gasteiger partial charge < -0.3 is 14.5 Å². The summed E-state index contributed by atoms with van der Waals surface area (Å²) < 4.78 is 5.09. The van der Waals surface area contributed by atoms with E-state index in [1.807, 2.05) is 30.3 Å². The van der Waals surface area contributed by atoms with Crippen LogP contribution in [0.1, 0.15) is 35.1 Å². The number of likely N-dealkylation sites (N-methyl/N-ethyl adjacent to an activating group) is 1. The van der Waals surface area contributed by atoms with Crippen molar-refractivity contribution in [2.24, 2.45) is 5.92 Å². The number of piperidine rings is 1. The first-order chi connectivity index (χ1) is 14.4. The van der Waals surface area contributed by atoms with Crippen molar-refractivity contribution >= 4 is 29.1 Å². The lowest BCUT2D eigenvalue weighted by Gasteiger charge is -2.32. The summed E-state index contributed by atoms with van der Waals surface area (Å²) in [6, 6.07) is 9.70. The average molecular weight is 430 g/mol. The van der Waals surface area contributed by atoms with E-state index < -0.39 is 0 Å². The second-order valence-electron chi connectivity index (χ2n) is 7.39. The molecule has 0 N–H and O–H groups in total. The van der Waals surface area contributed by atoms with Crippen LogP contribution in [-0.4, -0.2) is 65.9 Å². The van der Waals surface area contributed by atoms with Gasteiger partial charge in [0.25, 0.3) is 5.91 Å². The number of carbonyl (C=O) groups is 3. The quantitative estimate of drug-likeness (QED) is 0.660. The molecule has 2 amide bonds. The second kappa shape index (κ2) is 9.84. The van der Waals surface area contributed by atoms with Gasteiger partial charge in [0.15, 0.2) is 0 Å². The maximum absolute atomic E-state index is 12.9. The van der Waals surface area contributed by atoms with Gasteiger partial charge >= 0.3 is 5.97 Å². The van der Waals surface area contributed by atoms with Crippen molar-refractivity contribution in [3.05, 3.63) is 40.9 Å². The van der Waals surface area contributed by atoms with Gasteiger partial charge in [0.2, 0.25) is 5.91 Å². The topological polar surface area (TPSA) is 79.8 Å². The highest BCUT2D eigenvalue weighted by Crippen LogP contribution is 2.28. The third-order valence-corrected chi connectivity index (χ3v) is 6.32. The standard InChI is InChI=1S/C22H27N3O4S/c1-4-29-22(28)17-11-8-12-25(13-17)18(26)14-24(3)21(27)19-15(2)23-20(30-19)16-9-6-5-7-10-16/h5-7,9-10,17H,4,8,11-14H2,1-3H3. The van der Waals surface area contributed by atoms with Crippen LogP contribution < -0.4 is 0 Å². The number of aryl methyl sites for hydroxylation is 1. The minimum atomic E-state index is -0.291. The lowest BCUT2D eigenvalue weighted by Crippen LogP contribution is -2.47. The van der Waals surface area contributed by atoms with Crippen molar-refractivity contribution in [3.8, 4) is 10.6 Å². The Morgan fingerprint density at radius 3 is 2.70 bits per heavy atom. The molecule has 1 fully saturated rings. The number of carbonyl (C=O) groups excluding carboxylic acids is 3. The molecule has 1 atom stereocenters. The highest BCUT2D eigenvalue weighted by atomic mass is 32.1. The Bertz CT molecular complexity index is 912. The number of aromatic nitrogens is 1. The number of thiazole rings is 1. The van der Waals surface area contributed by atoms with Crippen molar-refractivity contribution < 1.29 is 19.1 Å². The Kier molecular flexibility index (Phi) is 7.20. The fourth-order valence-electron chi connectivity index (χ4n) is 3.50. The number of hydrogen-bond donors (Lipinski definition) is 0. The third kappa shape index (κ3) is 5.05. The first kappa shape index (κ1) is 22.0. The fraction of sp³-hybridized carbons (Fsp3) is 0.455. The van der Waals surface area contributed by atoms with Gasteiger partial charge in [-0.15, -0.1) is 11.3 Å². The summed E-state index contributed by atoms with van der Waals surface area (Å²) in [5, 5.41) is 0.782. The monoisotopic (exact) mass is 429 g/mol. The Morgan fingerprint density at radius 2 is 2.00 bits per heavy atom. The normalized spacial score (nSPS) is 16.2. The third-order valence-electron chi connectivity index (χ3n) is 5.12. The van der Waals surface area contributed by atoms with E-state index in [1.54, 1.807) is 25.8 Å². The first-order valence-corrected chi connectivity index (χ1v) is 10.9. The van der Waals surface area contributed by atoms with Crippen LogP contribution in [0.2, 0.25) is 0 Å². The Labute approximate surface area is 180 Å².